The van der Waals surface area contributed by atoms with Crippen molar-refractivity contribution < 1.29 is 43.2 Å². The Labute approximate surface area is 297 Å². The van der Waals surface area contributed by atoms with Gasteiger partial charge in [0.25, 0.3) is 5.91 Å². The lowest BCUT2D eigenvalue weighted by atomic mass is 9.99. The van der Waals surface area contributed by atoms with E-state index in [0.29, 0.717) is 30.6 Å². The lowest BCUT2D eigenvalue weighted by molar-refractivity contribution is -0.253. The third-order valence-corrected chi connectivity index (χ3v) is 9.17. The van der Waals surface area contributed by atoms with E-state index < -0.39 is 35.8 Å². The number of likely N-dealkylation sites (tertiary alicyclic amines) is 1. The fourth-order valence-corrected chi connectivity index (χ4v) is 6.68. The molecule has 2 N–H and O–H groups in total. The van der Waals surface area contributed by atoms with Crippen LogP contribution in [-0.2, 0) is 46.5 Å². The van der Waals surface area contributed by atoms with E-state index >= 15 is 0 Å². The summed E-state index contributed by atoms with van der Waals surface area (Å²) in [5.74, 6) is -1.23. The Morgan fingerprint density at radius 2 is 1.63 bits per heavy atom. The number of carbonyl (C=O) groups is 4. The third kappa shape index (κ3) is 9.01. The molecule has 3 amide bonds. The quantitative estimate of drug-likeness (QED) is 0.217. The first-order chi connectivity index (χ1) is 24.5. The van der Waals surface area contributed by atoms with Gasteiger partial charge >= 0.3 is 12.1 Å². The molecule has 0 radical (unpaired) electrons. The molecule has 51 heavy (non-hydrogen) atoms. The van der Waals surface area contributed by atoms with Gasteiger partial charge in [-0.15, -0.1) is 0 Å². The number of hydrogen-bond donors (Lipinski definition) is 2. The van der Waals surface area contributed by atoms with Crippen molar-refractivity contribution in [1.29, 1.82) is 0 Å². The van der Waals surface area contributed by atoms with E-state index in [1.165, 1.54) is 0 Å². The van der Waals surface area contributed by atoms with Gasteiger partial charge in [-0.05, 0) is 69.0 Å². The van der Waals surface area contributed by atoms with Crippen molar-refractivity contribution in [1.82, 2.24) is 10.2 Å². The van der Waals surface area contributed by atoms with Gasteiger partial charge in [0.2, 0.25) is 5.91 Å². The normalized spacial score (nSPS) is 24.1. The first-order valence-electron chi connectivity index (χ1n) is 17.4. The number of aliphatic hydroxyl groups is 1. The molecule has 0 bridgehead atoms. The number of amides is 3. The zero-order valence-corrected chi connectivity index (χ0v) is 29.2. The highest BCUT2D eigenvalue weighted by Crippen LogP contribution is 2.39. The first-order valence-corrected chi connectivity index (χ1v) is 17.4. The lowest BCUT2D eigenvalue weighted by Crippen LogP contribution is -2.45. The average Bonchev–Trinajstić information content (AvgIpc) is 3.69. The van der Waals surface area contributed by atoms with Gasteiger partial charge in [-0.25, -0.2) is 9.69 Å². The van der Waals surface area contributed by atoms with Crippen LogP contribution in [-0.4, -0.2) is 70.8 Å². The van der Waals surface area contributed by atoms with E-state index in [1.54, 1.807) is 24.3 Å². The van der Waals surface area contributed by atoms with Gasteiger partial charge in [-0.3, -0.25) is 19.3 Å². The summed E-state index contributed by atoms with van der Waals surface area (Å²) in [6.07, 6.45) is -0.226. The number of nitrogens with zero attached hydrogens (tertiary/aromatic N) is 2. The van der Waals surface area contributed by atoms with Crippen LogP contribution in [0.3, 0.4) is 0 Å². The van der Waals surface area contributed by atoms with Gasteiger partial charge in [0.1, 0.15) is 24.3 Å². The Morgan fingerprint density at radius 3 is 2.31 bits per heavy atom. The molecular formula is C39H45N3O9. The predicted molar refractivity (Wildman–Crippen MR) is 186 cm³/mol. The van der Waals surface area contributed by atoms with Crippen LogP contribution in [0, 0.1) is 0 Å². The topological polar surface area (TPSA) is 144 Å². The van der Waals surface area contributed by atoms with Crippen LogP contribution in [0.4, 0.5) is 10.5 Å². The van der Waals surface area contributed by atoms with Gasteiger partial charge in [0.05, 0.1) is 30.9 Å². The molecule has 3 heterocycles. The minimum Gasteiger partial charge on any atom is -0.459 e. The first kappa shape index (κ1) is 36.2. The summed E-state index contributed by atoms with van der Waals surface area (Å²) >= 11 is 0. The van der Waals surface area contributed by atoms with Gasteiger partial charge in [0.15, 0.2) is 6.29 Å². The summed E-state index contributed by atoms with van der Waals surface area (Å²) < 4.78 is 24.0. The number of anilines is 1. The van der Waals surface area contributed by atoms with Crippen LogP contribution in [0.15, 0.2) is 78.9 Å². The largest absolute Gasteiger partial charge is 0.459 e. The summed E-state index contributed by atoms with van der Waals surface area (Å²) in [6.45, 7) is 6.82. The molecule has 6 rings (SSSR count). The third-order valence-electron chi connectivity index (χ3n) is 9.17. The SMILES string of the molecule is CC(C)(C)OC(=O)[C@@H]1CCCN1C[C@H]1C[C@@H](c2ccc(CO)cc2)O[C@@H](c2ccc(N3C(=O)CC(NC(=O)OCc4ccccc4)C3=O)cc2)O1. The van der Waals surface area contributed by atoms with Crippen LogP contribution in [0.5, 0.6) is 0 Å². The van der Waals surface area contributed by atoms with Gasteiger partial charge in [0, 0.05) is 18.5 Å². The molecule has 12 nitrogen and oxygen atoms in total. The van der Waals surface area contributed by atoms with Crippen LogP contribution >= 0.6 is 0 Å². The maximum absolute atomic E-state index is 13.2. The molecule has 3 aliphatic rings. The number of carbonyl (C=O) groups excluding carboxylic acids is 4. The van der Waals surface area contributed by atoms with Crippen molar-refractivity contribution >= 4 is 29.6 Å². The maximum Gasteiger partial charge on any atom is 0.408 e. The number of aliphatic hydroxyl groups excluding tert-OH is 1. The number of hydrogen-bond acceptors (Lipinski definition) is 10. The zero-order chi connectivity index (χ0) is 36.1. The van der Waals surface area contributed by atoms with Gasteiger partial charge in [-0.1, -0.05) is 66.7 Å². The summed E-state index contributed by atoms with van der Waals surface area (Å²) in [7, 11) is 0. The zero-order valence-electron chi connectivity index (χ0n) is 29.2. The smallest absolute Gasteiger partial charge is 0.408 e. The van der Waals surface area contributed by atoms with Crippen LogP contribution in [0.1, 0.15) is 81.1 Å². The van der Waals surface area contributed by atoms with Gasteiger partial charge < -0.3 is 29.4 Å². The van der Waals surface area contributed by atoms with Crippen LogP contribution in [0.2, 0.25) is 0 Å². The fraction of sp³-hybridized carbons (Fsp3) is 0.436. The molecule has 5 atom stereocenters. The summed E-state index contributed by atoms with van der Waals surface area (Å²) in [5.41, 5.74) is 2.98. The summed E-state index contributed by atoms with van der Waals surface area (Å²) in [4.78, 5) is 54.9. The summed E-state index contributed by atoms with van der Waals surface area (Å²) in [5, 5.41) is 12.1. The second-order valence-electron chi connectivity index (χ2n) is 14.2. The Hall–Kier alpha value is -4.62. The van der Waals surface area contributed by atoms with Crippen molar-refractivity contribution in [3.8, 4) is 0 Å². The molecule has 3 fully saturated rings. The Bertz CT molecular complexity index is 1690. The number of rotatable bonds is 10. The number of benzene rings is 3. The van der Waals surface area contributed by atoms with Crippen molar-refractivity contribution in [3.63, 3.8) is 0 Å². The van der Waals surface area contributed by atoms with Gasteiger partial charge in [-0.2, -0.15) is 0 Å². The number of ether oxygens (including phenoxy) is 4. The van der Waals surface area contributed by atoms with E-state index in [4.69, 9.17) is 18.9 Å². The highest BCUT2D eigenvalue weighted by Gasteiger charge is 2.42. The Morgan fingerprint density at radius 1 is 0.922 bits per heavy atom. The highest BCUT2D eigenvalue weighted by molar-refractivity contribution is 6.22. The van der Waals surface area contributed by atoms with E-state index in [1.807, 2.05) is 75.4 Å². The standard InChI is InChI=1S/C39H45N3O9/c1-39(2,3)51-36(46)32-10-7-19-41(32)22-30-20-33(27-13-11-25(23-43)12-14-27)50-37(49-30)28-15-17-29(18-16-28)42-34(44)21-31(35(42)45)40-38(47)48-24-26-8-5-4-6-9-26/h4-6,8-9,11-18,30-33,37,43H,7,10,19-24H2,1-3H3,(H,40,47)/t30-,31?,32+,33+,37+/m1/s1. The minimum absolute atomic E-state index is 0.0378. The lowest BCUT2D eigenvalue weighted by Gasteiger charge is -2.38. The fourth-order valence-electron chi connectivity index (χ4n) is 6.68. The molecule has 12 heteroatoms. The van der Waals surface area contributed by atoms with E-state index in [9.17, 15) is 24.3 Å². The van der Waals surface area contributed by atoms with E-state index in [2.05, 4.69) is 10.2 Å². The maximum atomic E-state index is 13.2. The average molecular weight is 700 g/mol. The second-order valence-corrected chi connectivity index (χ2v) is 14.2. The number of esters is 1. The molecule has 0 aromatic heterocycles. The van der Waals surface area contributed by atoms with E-state index in [0.717, 1.165) is 34.6 Å². The highest BCUT2D eigenvalue weighted by atomic mass is 16.7. The number of nitrogens with one attached hydrogen (secondary N) is 1. The molecule has 1 unspecified atom stereocenters. The van der Waals surface area contributed by atoms with Crippen molar-refractivity contribution in [3.05, 3.63) is 101 Å². The second kappa shape index (κ2) is 15.7. The Kier molecular flexibility index (Phi) is 11.2. The number of imide groups is 1. The molecule has 3 aromatic rings. The molecule has 0 spiro atoms. The monoisotopic (exact) mass is 699 g/mol. The van der Waals surface area contributed by atoms with Crippen LogP contribution in [0.25, 0.3) is 0 Å². The van der Waals surface area contributed by atoms with Crippen molar-refractivity contribution in [2.75, 3.05) is 18.0 Å². The van der Waals surface area contributed by atoms with Crippen molar-refractivity contribution in [2.24, 2.45) is 0 Å². The molecule has 270 valence electrons. The van der Waals surface area contributed by atoms with Crippen molar-refractivity contribution in [2.45, 2.75) is 95.9 Å². The van der Waals surface area contributed by atoms with E-state index in [-0.39, 0.29) is 43.9 Å². The molecule has 0 saturated carbocycles. The summed E-state index contributed by atoms with van der Waals surface area (Å²) in [6, 6.07) is 22.2. The number of alkyl carbamates (subject to hydrolysis) is 1. The predicted octanol–water partition coefficient (Wildman–Crippen LogP) is 5.09. The minimum atomic E-state index is -1.04. The molecule has 3 aromatic carbocycles. The molecule has 3 saturated heterocycles. The molecular weight excluding hydrogens is 654 g/mol. The van der Waals surface area contributed by atoms with Crippen LogP contribution < -0.4 is 10.2 Å². The molecule has 3 aliphatic heterocycles. The Balaban J connectivity index is 1.14. The molecule has 0 aliphatic carbocycles.